The molecule has 0 aromatic carbocycles. The van der Waals surface area contributed by atoms with Crippen molar-refractivity contribution in [3.05, 3.63) is 0 Å². The van der Waals surface area contributed by atoms with Crippen molar-refractivity contribution >= 4 is 16.0 Å². The summed E-state index contributed by atoms with van der Waals surface area (Å²) < 4.78 is 23.8. The van der Waals surface area contributed by atoms with Crippen LogP contribution in [-0.2, 0) is 14.8 Å². The van der Waals surface area contributed by atoms with E-state index in [0.29, 0.717) is 26.2 Å². The fourth-order valence-electron chi connectivity index (χ4n) is 1.60. The number of hydrogen-bond acceptors (Lipinski definition) is 5. The molecule has 0 bridgehead atoms. The Morgan fingerprint density at radius 2 is 1.88 bits per heavy atom. The summed E-state index contributed by atoms with van der Waals surface area (Å²) in [6.45, 7) is 2.09. The summed E-state index contributed by atoms with van der Waals surface area (Å²) in [5.74, 6) is -1.04. The normalized spacial score (nSPS) is 21.9. The molecule has 1 rings (SSSR count). The number of hydrogen-bond donors (Lipinski definition) is 2. The average Bonchev–Trinajstić information content (AvgIpc) is 2.17. The van der Waals surface area contributed by atoms with Crippen LogP contribution in [-0.4, -0.2) is 73.7 Å². The van der Waals surface area contributed by atoms with E-state index >= 15 is 0 Å². The van der Waals surface area contributed by atoms with Crippen molar-refractivity contribution in [1.82, 2.24) is 9.21 Å². The third-order valence-corrected chi connectivity index (χ3v) is 3.88. The van der Waals surface area contributed by atoms with Gasteiger partial charge in [0.1, 0.15) is 6.04 Å². The molecule has 94 valence electrons. The standard InChI is InChI=1S/C8H17N3O4S/c1-16(14,15)11-4-2-10(3-5-11)6-7(9)8(12)13/h7H,2-6,9H2,1H3,(H,12,13). The first-order chi connectivity index (χ1) is 7.30. The average molecular weight is 251 g/mol. The number of carboxylic acid groups (broad SMARTS) is 1. The molecule has 16 heavy (non-hydrogen) atoms. The van der Waals surface area contributed by atoms with Gasteiger partial charge in [0.05, 0.1) is 6.26 Å². The second-order valence-electron chi connectivity index (χ2n) is 3.91. The number of rotatable bonds is 4. The number of nitrogens with two attached hydrogens (primary N) is 1. The Morgan fingerprint density at radius 3 is 2.25 bits per heavy atom. The summed E-state index contributed by atoms with van der Waals surface area (Å²) in [7, 11) is -3.14. The van der Waals surface area contributed by atoms with Gasteiger partial charge < -0.3 is 10.8 Å². The molecule has 1 atom stereocenters. The molecule has 1 aliphatic heterocycles. The van der Waals surface area contributed by atoms with Crippen molar-refractivity contribution in [2.24, 2.45) is 5.73 Å². The predicted octanol–water partition coefficient (Wildman–Crippen LogP) is -2.02. The van der Waals surface area contributed by atoms with Crippen LogP contribution in [0.15, 0.2) is 0 Å². The molecule has 0 aliphatic carbocycles. The maximum absolute atomic E-state index is 11.2. The summed E-state index contributed by atoms with van der Waals surface area (Å²) in [6.07, 6.45) is 1.17. The Hall–Kier alpha value is -0.700. The Balaban J connectivity index is 2.41. The first-order valence-electron chi connectivity index (χ1n) is 4.96. The van der Waals surface area contributed by atoms with Crippen LogP contribution in [0.1, 0.15) is 0 Å². The van der Waals surface area contributed by atoms with Crippen LogP contribution in [0.25, 0.3) is 0 Å². The van der Waals surface area contributed by atoms with E-state index in [2.05, 4.69) is 0 Å². The first kappa shape index (κ1) is 13.4. The monoisotopic (exact) mass is 251 g/mol. The molecule has 1 unspecified atom stereocenters. The lowest BCUT2D eigenvalue weighted by Gasteiger charge is -2.33. The topological polar surface area (TPSA) is 104 Å². The van der Waals surface area contributed by atoms with Crippen LogP contribution >= 0.6 is 0 Å². The molecule has 0 aromatic rings. The third-order valence-electron chi connectivity index (χ3n) is 2.57. The fourth-order valence-corrected chi connectivity index (χ4v) is 2.43. The number of piperazine rings is 1. The highest BCUT2D eigenvalue weighted by Crippen LogP contribution is 2.05. The minimum absolute atomic E-state index is 0.257. The largest absolute Gasteiger partial charge is 0.480 e. The summed E-state index contributed by atoms with van der Waals surface area (Å²) in [5.41, 5.74) is 5.39. The van der Waals surface area contributed by atoms with E-state index in [-0.39, 0.29) is 6.54 Å². The molecular weight excluding hydrogens is 234 g/mol. The van der Waals surface area contributed by atoms with Crippen molar-refractivity contribution in [3.8, 4) is 0 Å². The maximum Gasteiger partial charge on any atom is 0.321 e. The highest BCUT2D eigenvalue weighted by atomic mass is 32.2. The van der Waals surface area contributed by atoms with Gasteiger partial charge in [0, 0.05) is 32.7 Å². The van der Waals surface area contributed by atoms with Gasteiger partial charge in [-0.1, -0.05) is 0 Å². The van der Waals surface area contributed by atoms with Gasteiger partial charge in [-0.2, -0.15) is 4.31 Å². The number of carbonyl (C=O) groups is 1. The molecule has 1 aliphatic rings. The molecule has 1 fully saturated rings. The van der Waals surface area contributed by atoms with Gasteiger partial charge in [-0.25, -0.2) is 8.42 Å². The Bertz CT molecular complexity index is 348. The zero-order valence-electron chi connectivity index (χ0n) is 9.16. The van der Waals surface area contributed by atoms with Gasteiger partial charge in [0.25, 0.3) is 0 Å². The predicted molar refractivity (Wildman–Crippen MR) is 58.5 cm³/mol. The van der Waals surface area contributed by atoms with Crippen molar-refractivity contribution in [2.45, 2.75) is 6.04 Å². The zero-order chi connectivity index (χ0) is 12.3. The minimum Gasteiger partial charge on any atom is -0.480 e. The molecule has 1 saturated heterocycles. The molecule has 0 amide bonds. The summed E-state index contributed by atoms with van der Waals surface area (Å²) in [6, 6.07) is -0.912. The molecule has 7 nitrogen and oxygen atoms in total. The lowest BCUT2D eigenvalue weighted by molar-refractivity contribution is -0.139. The molecular formula is C8H17N3O4S. The van der Waals surface area contributed by atoms with Gasteiger partial charge in [0.15, 0.2) is 0 Å². The quantitative estimate of drug-likeness (QED) is 0.597. The molecule has 0 aromatic heterocycles. The molecule has 8 heteroatoms. The van der Waals surface area contributed by atoms with Gasteiger partial charge in [-0.15, -0.1) is 0 Å². The van der Waals surface area contributed by atoms with Crippen molar-refractivity contribution in [1.29, 1.82) is 0 Å². The summed E-state index contributed by atoms with van der Waals surface area (Å²) in [5, 5.41) is 8.64. The first-order valence-corrected chi connectivity index (χ1v) is 6.81. The van der Waals surface area contributed by atoms with Crippen molar-refractivity contribution in [3.63, 3.8) is 0 Å². The van der Waals surface area contributed by atoms with Crippen LogP contribution in [0.2, 0.25) is 0 Å². The number of sulfonamides is 1. The Morgan fingerprint density at radius 1 is 1.38 bits per heavy atom. The van der Waals surface area contributed by atoms with E-state index in [1.54, 1.807) is 0 Å². The van der Waals surface area contributed by atoms with E-state index in [0.717, 1.165) is 0 Å². The zero-order valence-corrected chi connectivity index (χ0v) is 9.98. The van der Waals surface area contributed by atoms with Crippen LogP contribution in [0.5, 0.6) is 0 Å². The lowest BCUT2D eigenvalue weighted by Crippen LogP contribution is -2.52. The van der Waals surface area contributed by atoms with Crippen LogP contribution in [0, 0.1) is 0 Å². The van der Waals surface area contributed by atoms with E-state index in [1.807, 2.05) is 4.90 Å². The molecule has 0 saturated carbocycles. The lowest BCUT2D eigenvalue weighted by atomic mass is 10.2. The van der Waals surface area contributed by atoms with Crippen LogP contribution in [0.3, 0.4) is 0 Å². The smallest absolute Gasteiger partial charge is 0.321 e. The Labute approximate surface area is 94.9 Å². The number of nitrogens with zero attached hydrogens (tertiary/aromatic N) is 2. The molecule has 0 spiro atoms. The number of aliphatic carboxylic acids is 1. The van der Waals surface area contributed by atoms with E-state index in [1.165, 1.54) is 10.6 Å². The molecule has 1 heterocycles. The van der Waals surface area contributed by atoms with Gasteiger partial charge in [-0.3, -0.25) is 9.69 Å². The maximum atomic E-state index is 11.2. The SMILES string of the molecule is CS(=O)(=O)N1CCN(CC(N)C(=O)O)CC1. The van der Waals surface area contributed by atoms with Crippen molar-refractivity contribution < 1.29 is 18.3 Å². The summed E-state index contributed by atoms with van der Waals surface area (Å²) >= 11 is 0. The van der Waals surface area contributed by atoms with Crippen LogP contribution < -0.4 is 5.73 Å². The summed E-state index contributed by atoms with van der Waals surface area (Å²) in [4.78, 5) is 12.4. The van der Waals surface area contributed by atoms with Gasteiger partial charge in [0.2, 0.25) is 10.0 Å². The fraction of sp³-hybridized carbons (Fsp3) is 0.875. The highest BCUT2D eigenvalue weighted by molar-refractivity contribution is 7.88. The number of carboxylic acids is 1. The highest BCUT2D eigenvalue weighted by Gasteiger charge is 2.25. The van der Waals surface area contributed by atoms with E-state index in [9.17, 15) is 13.2 Å². The second-order valence-corrected chi connectivity index (χ2v) is 5.89. The minimum atomic E-state index is -3.14. The molecule has 0 radical (unpaired) electrons. The van der Waals surface area contributed by atoms with Crippen molar-refractivity contribution in [2.75, 3.05) is 39.0 Å². The second kappa shape index (κ2) is 5.09. The van der Waals surface area contributed by atoms with E-state index in [4.69, 9.17) is 10.8 Å². The molecule has 3 N–H and O–H groups in total. The van der Waals surface area contributed by atoms with Gasteiger partial charge in [-0.05, 0) is 0 Å². The third kappa shape index (κ3) is 3.71. The Kier molecular flexibility index (Phi) is 4.25. The van der Waals surface area contributed by atoms with E-state index < -0.39 is 22.0 Å². The van der Waals surface area contributed by atoms with Crippen LogP contribution in [0.4, 0.5) is 0 Å². The van der Waals surface area contributed by atoms with Gasteiger partial charge >= 0.3 is 5.97 Å².